The van der Waals surface area contributed by atoms with Crippen LogP contribution in [0.3, 0.4) is 0 Å². The van der Waals surface area contributed by atoms with Crippen LogP contribution in [0, 0.1) is 13.8 Å². The lowest BCUT2D eigenvalue weighted by Gasteiger charge is -2.14. The first-order valence-corrected chi connectivity index (χ1v) is 7.58. The molecule has 0 saturated carbocycles. The van der Waals surface area contributed by atoms with E-state index in [1.165, 1.54) is 12.1 Å². The van der Waals surface area contributed by atoms with E-state index in [2.05, 4.69) is 4.72 Å². The van der Waals surface area contributed by atoms with Crippen molar-refractivity contribution >= 4 is 16.0 Å². The molecule has 0 amide bonds. The minimum Gasteiger partial charge on any atom is -0.480 e. The summed E-state index contributed by atoms with van der Waals surface area (Å²) in [6.07, 6.45) is 0.853. The highest BCUT2D eigenvalue weighted by Gasteiger charge is 2.24. The van der Waals surface area contributed by atoms with Crippen LogP contribution in [0.5, 0.6) is 0 Å². The third-order valence-corrected chi connectivity index (χ3v) is 4.13. The molecule has 1 rings (SSSR count). The Labute approximate surface area is 113 Å². The highest BCUT2D eigenvalue weighted by atomic mass is 32.2. The predicted molar refractivity (Wildman–Crippen MR) is 72.6 cm³/mol. The standard InChI is InChI=1S/C13H19NO4S/c1-4-5-12(13(15)16)14-19(17,18)11-7-9(2)6-10(3)8-11/h6-8,12,14H,4-5H2,1-3H3,(H,15,16)/t12-/m1/s1. The Balaban J connectivity index is 3.06. The molecule has 0 heterocycles. The zero-order valence-corrected chi connectivity index (χ0v) is 12.1. The average Bonchev–Trinajstić information content (AvgIpc) is 2.26. The van der Waals surface area contributed by atoms with Crippen LogP contribution < -0.4 is 4.72 Å². The van der Waals surface area contributed by atoms with Gasteiger partial charge in [0.2, 0.25) is 10.0 Å². The number of benzene rings is 1. The molecule has 1 aromatic carbocycles. The van der Waals surface area contributed by atoms with Crippen LogP contribution in [0.4, 0.5) is 0 Å². The Morgan fingerprint density at radius 2 is 1.79 bits per heavy atom. The lowest BCUT2D eigenvalue weighted by molar-refractivity contribution is -0.139. The highest BCUT2D eigenvalue weighted by Crippen LogP contribution is 2.15. The molecule has 0 saturated heterocycles. The molecular weight excluding hydrogens is 266 g/mol. The number of aliphatic carboxylic acids is 1. The topological polar surface area (TPSA) is 83.5 Å². The molecule has 0 aliphatic carbocycles. The molecule has 5 nitrogen and oxygen atoms in total. The van der Waals surface area contributed by atoms with Crippen LogP contribution >= 0.6 is 0 Å². The van der Waals surface area contributed by atoms with Gasteiger partial charge in [-0.3, -0.25) is 4.79 Å². The maximum Gasteiger partial charge on any atom is 0.321 e. The second-order valence-corrected chi connectivity index (χ2v) is 6.34. The first kappa shape index (κ1) is 15.7. The SMILES string of the molecule is CCC[C@@H](NS(=O)(=O)c1cc(C)cc(C)c1)C(=O)O. The molecule has 0 aliphatic heterocycles. The third kappa shape index (κ3) is 4.33. The molecular formula is C13H19NO4S. The molecule has 0 fully saturated rings. The van der Waals surface area contributed by atoms with Crippen LogP contribution in [0.1, 0.15) is 30.9 Å². The second kappa shape index (κ2) is 6.16. The largest absolute Gasteiger partial charge is 0.480 e. The molecule has 0 bridgehead atoms. The second-order valence-electron chi connectivity index (χ2n) is 4.62. The summed E-state index contributed by atoms with van der Waals surface area (Å²) in [7, 11) is -3.80. The van der Waals surface area contributed by atoms with E-state index in [0.717, 1.165) is 11.1 Å². The van der Waals surface area contributed by atoms with Crippen molar-refractivity contribution in [3.63, 3.8) is 0 Å². The van der Waals surface area contributed by atoms with E-state index in [4.69, 9.17) is 5.11 Å². The first-order valence-electron chi connectivity index (χ1n) is 6.09. The Bertz CT molecular complexity index is 546. The van der Waals surface area contributed by atoms with Crippen LogP contribution in [0.25, 0.3) is 0 Å². The minimum atomic E-state index is -3.80. The quantitative estimate of drug-likeness (QED) is 0.835. The molecule has 2 N–H and O–H groups in total. The fourth-order valence-electron chi connectivity index (χ4n) is 1.86. The van der Waals surface area contributed by atoms with Crippen molar-refractivity contribution in [1.82, 2.24) is 4.72 Å². The van der Waals surface area contributed by atoms with E-state index >= 15 is 0 Å². The van der Waals surface area contributed by atoms with Crippen LogP contribution in [0.2, 0.25) is 0 Å². The Morgan fingerprint density at radius 3 is 2.21 bits per heavy atom. The molecule has 1 aromatic rings. The first-order chi connectivity index (χ1) is 8.76. The van der Waals surface area contributed by atoms with Gasteiger partial charge in [0, 0.05) is 0 Å². The number of hydrogen-bond donors (Lipinski definition) is 2. The van der Waals surface area contributed by atoms with E-state index < -0.39 is 22.0 Å². The summed E-state index contributed by atoms with van der Waals surface area (Å²) in [5.41, 5.74) is 1.64. The number of carbonyl (C=O) groups is 1. The van der Waals surface area contributed by atoms with E-state index in [-0.39, 0.29) is 11.3 Å². The lowest BCUT2D eigenvalue weighted by Crippen LogP contribution is -2.40. The third-order valence-electron chi connectivity index (χ3n) is 2.68. The van der Waals surface area contributed by atoms with Gasteiger partial charge in [-0.2, -0.15) is 4.72 Å². The maximum atomic E-state index is 12.2. The smallest absolute Gasteiger partial charge is 0.321 e. The number of carboxylic acids is 1. The van der Waals surface area contributed by atoms with Crippen molar-refractivity contribution in [3.8, 4) is 0 Å². The summed E-state index contributed by atoms with van der Waals surface area (Å²) in [6, 6.07) is 3.83. The monoisotopic (exact) mass is 285 g/mol. The van der Waals surface area contributed by atoms with Crippen molar-refractivity contribution in [2.24, 2.45) is 0 Å². The molecule has 0 radical (unpaired) electrons. The number of aryl methyl sites for hydroxylation is 2. The molecule has 19 heavy (non-hydrogen) atoms. The summed E-state index contributed by atoms with van der Waals surface area (Å²) in [6.45, 7) is 5.40. The molecule has 106 valence electrons. The number of hydrogen-bond acceptors (Lipinski definition) is 3. The molecule has 1 atom stereocenters. The molecule has 0 aromatic heterocycles. The fraction of sp³-hybridized carbons (Fsp3) is 0.462. The van der Waals surface area contributed by atoms with Gasteiger partial charge in [0.1, 0.15) is 6.04 Å². The van der Waals surface area contributed by atoms with Crippen molar-refractivity contribution in [1.29, 1.82) is 0 Å². The summed E-state index contributed by atoms with van der Waals surface area (Å²) < 4.78 is 26.5. The zero-order valence-electron chi connectivity index (χ0n) is 11.3. The van der Waals surface area contributed by atoms with Gasteiger partial charge in [-0.15, -0.1) is 0 Å². The summed E-state index contributed by atoms with van der Waals surface area (Å²) in [5.74, 6) is -1.16. The van der Waals surface area contributed by atoms with Crippen molar-refractivity contribution in [3.05, 3.63) is 29.3 Å². The van der Waals surface area contributed by atoms with E-state index in [1.807, 2.05) is 6.07 Å². The zero-order chi connectivity index (χ0) is 14.6. The Hall–Kier alpha value is -1.40. The van der Waals surface area contributed by atoms with E-state index in [1.54, 1.807) is 20.8 Å². The number of sulfonamides is 1. The minimum absolute atomic E-state index is 0.104. The number of rotatable bonds is 6. The summed E-state index contributed by atoms with van der Waals surface area (Å²) in [4.78, 5) is 11.1. The average molecular weight is 285 g/mol. The van der Waals surface area contributed by atoms with Crippen LogP contribution in [-0.2, 0) is 14.8 Å². The van der Waals surface area contributed by atoms with Crippen molar-refractivity contribution in [2.45, 2.75) is 44.6 Å². The molecule has 0 unspecified atom stereocenters. The van der Waals surface area contributed by atoms with Gasteiger partial charge in [-0.1, -0.05) is 19.4 Å². The van der Waals surface area contributed by atoms with Crippen molar-refractivity contribution < 1.29 is 18.3 Å². The number of nitrogens with one attached hydrogen (secondary N) is 1. The summed E-state index contributed by atoms with van der Waals surface area (Å²) >= 11 is 0. The van der Waals surface area contributed by atoms with Crippen LogP contribution in [0.15, 0.2) is 23.1 Å². The van der Waals surface area contributed by atoms with Crippen LogP contribution in [-0.4, -0.2) is 25.5 Å². The normalized spacial score (nSPS) is 13.2. The maximum absolute atomic E-state index is 12.2. The number of carboxylic acid groups (broad SMARTS) is 1. The lowest BCUT2D eigenvalue weighted by atomic mass is 10.2. The highest BCUT2D eigenvalue weighted by molar-refractivity contribution is 7.89. The molecule has 0 spiro atoms. The Kier molecular flexibility index (Phi) is 5.08. The predicted octanol–water partition coefficient (Wildman–Crippen LogP) is 1.84. The van der Waals surface area contributed by atoms with Gasteiger partial charge in [-0.25, -0.2) is 8.42 Å². The van der Waals surface area contributed by atoms with Gasteiger partial charge >= 0.3 is 5.97 Å². The van der Waals surface area contributed by atoms with Gasteiger partial charge in [0.15, 0.2) is 0 Å². The van der Waals surface area contributed by atoms with Gasteiger partial charge < -0.3 is 5.11 Å². The van der Waals surface area contributed by atoms with Gasteiger partial charge in [-0.05, 0) is 43.5 Å². The molecule has 6 heteroatoms. The summed E-state index contributed by atoms with van der Waals surface area (Å²) in [5, 5.41) is 9.00. The molecule has 0 aliphatic rings. The van der Waals surface area contributed by atoms with E-state index in [0.29, 0.717) is 6.42 Å². The van der Waals surface area contributed by atoms with Crippen molar-refractivity contribution in [2.75, 3.05) is 0 Å². The van der Waals surface area contributed by atoms with Gasteiger partial charge in [0.25, 0.3) is 0 Å². The Morgan fingerprint density at radius 1 is 1.26 bits per heavy atom. The fourth-order valence-corrected chi connectivity index (χ4v) is 3.28. The van der Waals surface area contributed by atoms with Gasteiger partial charge in [0.05, 0.1) is 4.90 Å². The van der Waals surface area contributed by atoms with E-state index in [9.17, 15) is 13.2 Å².